The lowest BCUT2D eigenvalue weighted by atomic mass is 9.79. The molecule has 0 aliphatic rings. The number of aliphatic hydroxyl groups excluding tert-OH is 1. The van der Waals surface area contributed by atoms with Crippen LogP contribution in [0.15, 0.2) is 0 Å². The van der Waals surface area contributed by atoms with Gasteiger partial charge in [0.05, 0.1) is 0 Å². The first-order chi connectivity index (χ1) is 5.39. The second-order valence-corrected chi connectivity index (χ2v) is 3.71. The minimum absolute atomic E-state index is 0.219. The highest BCUT2D eigenvalue weighted by atomic mass is 19.3. The van der Waals surface area contributed by atoms with E-state index in [0.29, 0.717) is 0 Å². The van der Waals surface area contributed by atoms with Crippen LogP contribution in [0.25, 0.3) is 0 Å². The van der Waals surface area contributed by atoms with E-state index in [1.54, 1.807) is 0 Å². The van der Waals surface area contributed by atoms with Gasteiger partial charge in [0, 0.05) is 6.42 Å². The second kappa shape index (κ2) is 4.17. The maximum atomic E-state index is 12.8. The molecule has 0 rings (SSSR count). The molecule has 0 heterocycles. The summed E-state index contributed by atoms with van der Waals surface area (Å²) in [7, 11) is 0. The van der Waals surface area contributed by atoms with Crippen molar-refractivity contribution in [2.45, 2.75) is 46.0 Å². The molecule has 3 heteroatoms. The van der Waals surface area contributed by atoms with Crippen molar-refractivity contribution in [3.8, 4) is 0 Å². The van der Waals surface area contributed by atoms with Crippen LogP contribution in [0.2, 0.25) is 0 Å². The van der Waals surface area contributed by atoms with Crippen LogP contribution in [-0.2, 0) is 0 Å². The van der Waals surface area contributed by atoms with Crippen LogP contribution in [-0.4, -0.2) is 17.6 Å². The van der Waals surface area contributed by atoms with Gasteiger partial charge in [-0.1, -0.05) is 33.6 Å². The van der Waals surface area contributed by atoms with Gasteiger partial charge in [-0.25, -0.2) is 8.78 Å². The average Bonchev–Trinajstić information content (AvgIpc) is 2.04. The maximum Gasteiger partial charge on any atom is 0.271 e. The molecule has 1 nitrogen and oxygen atoms in total. The van der Waals surface area contributed by atoms with Crippen molar-refractivity contribution in [2.75, 3.05) is 6.61 Å². The number of alkyl halides is 2. The summed E-state index contributed by atoms with van der Waals surface area (Å²) in [6.07, 6.45) is 1.22. The molecule has 0 aromatic carbocycles. The molecule has 0 amide bonds. The van der Waals surface area contributed by atoms with E-state index >= 15 is 0 Å². The van der Waals surface area contributed by atoms with Crippen molar-refractivity contribution in [2.24, 2.45) is 5.41 Å². The van der Waals surface area contributed by atoms with Crippen LogP contribution >= 0.6 is 0 Å². The minimum Gasteiger partial charge on any atom is -0.390 e. The van der Waals surface area contributed by atoms with Gasteiger partial charge in [0.25, 0.3) is 5.92 Å². The highest BCUT2D eigenvalue weighted by Gasteiger charge is 2.36. The van der Waals surface area contributed by atoms with Crippen LogP contribution in [0, 0.1) is 5.41 Å². The van der Waals surface area contributed by atoms with E-state index in [1.165, 1.54) is 0 Å². The molecule has 0 aromatic rings. The zero-order valence-electron chi connectivity index (χ0n) is 8.03. The lowest BCUT2D eigenvalue weighted by Crippen LogP contribution is -2.30. The molecular formula is C9H18F2O. The molecule has 0 unspecified atom stereocenters. The Balaban J connectivity index is 4.20. The van der Waals surface area contributed by atoms with Crippen molar-refractivity contribution in [1.82, 2.24) is 0 Å². The Labute approximate surface area is 72.8 Å². The van der Waals surface area contributed by atoms with Crippen LogP contribution in [0.5, 0.6) is 0 Å². The summed E-state index contributed by atoms with van der Waals surface area (Å²) in [5.41, 5.74) is -0.341. The van der Waals surface area contributed by atoms with E-state index in [1.807, 2.05) is 20.8 Å². The number of halogens is 2. The monoisotopic (exact) mass is 180 g/mol. The minimum atomic E-state index is -2.92. The zero-order chi connectivity index (χ0) is 9.83. The fourth-order valence-corrected chi connectivity index (χ4v) is 1.18. The highest BCUT2D eigenvalue weighted by Crippen LogP contribution is 2.37. The largest absolute Gasteiger partial charge is 0.390 e. The van der Waals surface area contributed by atoms with Crippen molar-refractivity contribution >= 4 is 0 Å². The van der Waals surface area contributed by atoms with Gasteiger partial charge in [-0.05, 0) is 5.41 Å². The van der Waals surface area contributed by atoms with E-state index in [2.05, 4.69) is 0 Å². The SMILES string of the molecule is CCC(C)(CC)CC(F)(F)CO. The lowest BCUT2D eigenvalue weighted by Gasteiger charge is -2.30. The Morgan fingerprint density at radius 1 is 1.17 bits per heavy atom. The summed E-state index contributed by atoms with van der Waals surface area (Å²) in [6.45, 7) is 4.59. The molecule has 0 radical (unpaired) electrons. The Kier molecular flexibility index (Phi) is 4.11. The molecule has 0 aromatic heterocycles. The third kappa shape index (κ3) is 3.48. The van der Waals surface area contributed by atoms with Crippen LogP contribution < -0.4 is 0 Å². The number of aliphatic hydroxyl groups is 1. The van der Waals surface area contributed by atoms with Gasteiger partial charge in [0.2, 0.25) is 0 Å². The lowest BCUT2D eigenvalue weighted by molar-refractivity contribution is -0.0839. The molecular weight excluding hydrogens is 162 g/mol. The third-order valence-corrected chi connectivity index (χ3v) is 2.62. The smallest absolute Gasteiger partial charge is 0.271 e. The Morgan fingerprint density at radius 3 is 1.83 bits per heavy atom. The predicted octanol–water partition coefficient (Wildman–Crippen LogP) is 2.83. The van der Waals surface area contributed by atoms with Crippen molar-refractivity contribution in [3.63, 3.8) is 0 Å². The van der Waals surface area contributed by atoms with Gasteiger partial charge in [0.1, 0.15) is 6.61 Å². The van der Waals surface area contributed by atoms with E-state index in [-0.39, 0.29) is 11.8 Å². The molecule has 0 saturated carbocycles. The number of rotatable bonds is 5. The first kappa shape index (κ1) is 11.8. The molecule has 0 aliphatic heterocycles. The number of hydrogen-bond acceptors (Lipinski definition) is 1. The summed E-state index contributed by atoms with van der Waals surface area (Å²) in [5.74, 6) is -2.92. The van der Waals surface area contributed by atoms with Gasteiger partial charge >= 0.3 is 0 Å². The summed E-state index contributed by atoms with van der Waals surface area (Å²) >= 11 is 0. The zero-order valence-corrected chi connectivity index (χ0v) is 8.03. The first-order valence-corrected chi connectivity index (χ1v) is 4.38. The van der Waals surface area contributed by atoms with Gasteiger partial charge in [-0.2, -0.15) is 0 Å². The molecule has 0 aliphatic carbocycles. The van der Waals surface area contributed by atoms with Gasteiger partial charge in [-0.3, -0.25) is 0 Å². The van der Waals surface area contributed by atoms with E-state index in [0.717, 1.165) is 12.8 Å². The fourth-order valence-electron chi connectivity index (χ4n) is 1.18. The highest BCUT2D eigenvalue weighted by molar-refractivity contribution is 4.79. The normalized spacial score (nSPS) is 13.5. The molecule has 0 spiro atoms. The molecule has 0 saturated heterocycles. The Hall–Kier alpha value is -0.180. The van der Waals surface area contributed by atoms with E-state index < -0.39 is 12.5 Å². The van der Waals surface area contributed by atoms with Crippen LogP contribution in [0.4, 0.5) is 8.78 Å². The van der Waals surface area contributed by atoms with Crippen molar-refractivity contribution in [3.05, 3.63) is 0 Å². The summed E-state index contributed by atoms with van der Waals surface area (Å²) in [6, 6.07) is 0. The van der Waals surface area contributed by atoms with Crippen molar-refractivity contribution in [1.29, 1.82) is 0 Å². The van der Waals surface area contributed by atoms with Gasteiger partial charge < -0.3 is 5.11 Å². The predicted molar refractivity (Wildman–Crippen MR) is 45.3 cm³/mol. The fraction of sp³-hybridized carbons (Fsp3) is 1.00. The standard InChI is InChI=1S/C9H18F2O/c1-4-8(3,5-2)6-9(10,11)7-12/h12H,4-7H2,1-3H3. The van der Waals surface area contributed by atoms with E-state index in [4.69, 9.17) is 5.11 Å². The van der Waals surface area contributed by atoms with Gasteiger partial charge in [-0.15, -0.1) is 0 Å². The molecule has 12 heavy (non-hydrogen) atoms. The molecule has 0 fully saturated rings. The quantitative estimate of drug-likeness (QED) is 0.689. The summed E-state index contributed by atoms with van der Waals surface area (Å²) in [5, 5.41) is 8.40. The van der Waals surface area contributed by atoms with Crippen LogP contribution in [0.3, 0.4) is 0 Å². The Morgan fingerprint density at radius 2 is 1.58 bits per heavy atom. The molecule has 74 valence electrons. The molecule has 0 atom stereocenters. The summed E-state index contributed by atoms with van der Waals surface area (Å²) in [4.78, 5) is 0. The summed E-state index contributed by atoms with van der Waals surface area (Å²) < 4.78 is 25.5. The topological polar surface area (TPSA) is 20.2 Å². The molecule has 0 bridgehead atoms. The average molecular weight is 180 g/mol. The van der Waals surface area contributed by atoms with E-state index in [9.17, 15) is 8.78 Å². The van der Waals surface area contributed by atoms with Crippen LogP contribution in [0.1, 0.15) is 40.0 Å². The molecule has 1 N–H and O–H groups in total. The first-order valence-electron chi connectivity index (χ1n) is 4.38. The third-order valence-electron chi connectivity index (χ3n) is 2.62. The maximum absolute atomic E-state index is 12.8. The Bertz CT molecular complexity index is 130. The second-order valence-electron chi connectivity index (χ2n) is 3.71. The van der Waals surface area contributed by atoms with Gasteiger partial charge in [0.15, 0.2) is 0 Å². The van der Waals surface area contributed by atoms with Crippen molar-refractivity contribution < 1.29 is 13.9 Å². The number of hydrogen-bond donors (Lipinski definition) is 1.